The topological polar surface area (TPSA) is 0 Å². The molecule has 1 aromatic carbocycles. The van der Waals surface area contributed by atoms with Gasteiger partial charge in [0.2, 0.25) is 0 Å². The average molecular weight is 229 g/mol. The van der Waals surface area contributed by atoms with E-state index in [1.165, 1.54) is 27.1 Å². The van der Waals surface area contributed by atoms with Gasteiger partial charge in [0.25, 0.3) is 0 Å². The molecule has 0 fully saturated rings. The minimum absolute atomic E-state index is 1.20. The van der Waals surface area contributed by atoms with E-state index in [2.05, 4.69) is 35.0 Å². The van der Waals surface area contributed by atoms with Gasteiger partial charge in [0.05, 0.1) is 0 Å². The zero-order valence-electron chi connectivity index (χ0n) is 6.36. The van der Waals surface area contributed by atoms with Crippen LogP contribution in [0, 0.1) is 6.92 Å². The summed E-state index contributed by atoms with van der Waals surface area (Å²) in [6, 6.07) is 4.38. The highest BCUT2D eigenvalue weighted by molar-refractivity contribution is 9.10. The smallest absolute Gasteiger partial charge is 0.0207 e. The number of fused-ring (bicyclic) bond motifs is 1. The molecule has 1 heterocycles. The molecular formula is C9H9BrS. The Morgan fingerprint density at radius 2 is 2.18 bits per heavy atom. The second kappa shape index (κ2) is 2.83. The van der Waals surface area contributed by atoms with Crippen molar-refractivity contribution in [2.24, 2.45) is 0 Å². The zero-order chi connectivity index (χ0) is 7.84. The fraction of sp³-hybridized carbons (Fsp3) is 0.333. The molecule has 1 aliphatic heterocycles. The van der Waals surface area contributed by atoms with Crippen LogP contribution in [0.15, 0.2) is 16.6 Å². The van der Waals surface area contributed by atoms with Crippen molar-refractivity contribution in [1.29, 1.82) is 0 Å². The van der Waals surface area contributed by atoms with Crippen molar-refractivity contribution in [3.05, 3.63) is 33.3 Å². The maximum atomic E-state index is 3.54. The molecule has 0 aliphatic carbocycles. The number of rotatable bonds is 0. The molecule has 1 aliphatic rings. The van der Waals surface area contributed by atoms with Gasteiger partial charge in [-0.15, -0.1) is 0 Å². The lowest BCUT2D eigenvalue weighted by Crippen LogP contribution is -1.87. The Morgan fingerprint density at radius 3 is 3.00 bits per heavy atom. The lowest BCUT2D eigenvalue weighted by molar-refractivity contribution is 1.25. The Kier molecular flexibility index (Phi) is 1.98. The second-order valence-corrected chi connectivity index (χ2v) is 4.64. The first-order chi connectivity index (χ1) is 5.29. The summed E-state index contributed by atoms with van der Waals surface area (Å²) in [6.45, 7) is 2.19. The molecule has 0 unspecified atom stereocenters. The van der Waals surface area contributed by atoms with Crippen molar-refractivity contribution < 1.29 is 0 Å². The summed E-state index contributed by atoms with van der Waals surface area (Å²) in [5.41, 5.74) is 4.49. The van der Waals surface area contributed by atoms with E-state index >= 15 is 0 Å². The maximum absolute atomic E-state index is 3.54. The van der Waals surface area contributed by atoms with Gasteiger partial charge < -0.3 is 0 Å². The fourth-order valence-electron chi connectivity index (χ4n) is 1.38. The summed E-state index contributed by atoms with van der Waals surface area (Å²) >= 11 is 5.54. The molecule has 0 saturated heterocycles. The van der Waals surface area contributed by atoms with E-state index in [0.717, 1.165) is 0 Å². The van der Waals surface area contributed by atoms with E-state index in [4.69, 9.17) is 0 Å². The maximum Gasteiger partial charge on any atom is 0.0207 e. The normalized spacial score (nSPS) is 15.1. The van der Waals surface area contributed by atoms with Crippen LogP contribution >= 0.6 is 27.7 Å². The number of benzene rings is 1. The van der Waals surface area contributed by atoms with Gasteiger partial charge in [0, 0.05) is 16.0 Å². The second-order valence-electron chi connectivity index (χ2n) is 2.80. The Labute approximate surface area is 79.5 Å². The molecule has 2 heteroatoms. The molecule has 0 saturated carbocycles. The third kappa shape index (κ3) is 1.23. The van der Waals surface area contributed by atoms with Gasteiger partial charge in [-0.05, 0) is 29.7 Å². The van der Waals surface area contributed by atoms with Gasteiger partial charge in [0.15, 0.2) is 0 Å². The highest BCUT2D eigenvalue weighted by atomic mass is 79.9. The molecule has 11 heavy (non-hydrogen) atoms. The van der Waals surface area contributed by atoms with Crippen LogP contribution in [0.5, 0.6) is 0 Å². The van der Waals surface area contributed by atoms with Gasteiger partial charge in [0.1, 0.15) is 0 Å². The van der Waals surface area contributed by atoms with E-state index in [9.17, 15) is 0 Å². The minimum atomic E-state index is 1.20. The number of halogens is 1. The number of hydrogen-bond acceptors (Lipinski definition) is 1. The minimum Gasteiger partial charge on any atom is -0.152 e. The molecule has 0 bridgehead atoms. The number of thioether (sulfide) groups is 1. The Morgan fingerprint density at radius 1 is 1.36 bits per heavy atom. The molecule has 0 atom stereocenters. The van der Waals surface area contributed by atoms with Gasteiger partial charge in [-0.1, -0.05) is 22.0 Å². The predicted octanol–water partition coefficient (Wildman–Crippen LogP) is 3.50. The molecule has 0 N–H and O–H groups in total. The van der Waals surface area contributed by atoms with Crippen molar-refractivity contribution >= 4 is 27.7 Å². The molecular weight excluding hydrogens is 220 g/mol. The van der Waals surface area contributed by atoms with Crippen LogP contribution < -0.4 is 0 Å². The standard InChI is InChI=1S/C9H9BrS/c1-6-8-5-11-4-7(8)2-3-9(6)10/h2-3H,4-5H2,1H3. The molecule has 0 spiro atoms. The third-order valence-electron chi connectivity index (χ3n) is 2.13. The van der Waals surface area contributed by atoms with Crippen molar-refractivity contribution in [3.63, 3.8) is 0 Å². The van der Waals surface area contributed by atoms with Crippen molar-refractivity contribution in [2.45, 2.75) is 18.4 Å². The van der Waals surface area contributed by atoms with Gasteiger partial charge >= 0.3 is 0 Å². The van der Waals surface area contributed by atoms with Crippen LogP contribution in [0.4, 0.5) is 0 Å². The van der Waals surface area contributed by atoms with Crippen LogP contribution in [0.25, 0.3) is 0 Å². The summed E-state index contributed by atoms with van der Waals surface area (Å²) in [5.74, 6) is 2.39. The Hall–Kier alpha value is 0.0500. The Bertz CT molecular complexity index is 294. The molecule has 0 nitrogen and oxygen atoms in total. The molecule has 0 aromatic heterocycles. The van der Waals surface area contributed by atoms with Crippen molar-refractivity contribution in [1.82, 2.24) is 0 Å². The van der Waals surface area contributed by atoms with E-state index in [0.29, 0.717) is 0 Å². The highest BCUT2D eigenvalue weighted by Gasteiger charge is 2.13. The van der Waals surface area contributed by atoms with Crippen molar-refractivity contribution in [3.8, 4) is 0 Å². The van der Waals surface area contributed by atoms with Crippen molar-refractivity contribution in [2.75, 3.05) is 0 Å². The monoisotopic (exact) mass is 228 g/mol. The fourth-order valence-corrected chi connectivity index (χ4v) is 2.95. The highest BCUT2D eigenvalue weighted by Crippen LogP contribution is 2.34. The first-order valence-electron chi connectivity index (χ1n) is 3.63. The van der Waals surface area contributed by atoms with Crippen LogP contribution in [0.3, 0.4) is 0 Å². The molecule has 58 valence electrons. The van der Waals surface area contributed by atoms with E-state index in [1.807, 2.05) is 11.8 Å². The lowest BCUT2D eigenvalue weighted by atomic mass is 10.1. The zero-order valence-corrected chi connectivity index (χ0v) is 8.76. The first-order valence-corrected chi connectivity index (χ1v) is 5.58. The van der Waals surface area contributed by atoms with Crippen LogP contribution in [0.1, 0.15) is 16.7 Å². The van der Waals surface area contributed by atoms with Crippen LogP contribution in [-0.2, 0) is 11.5 Å². The van der Waals surface area contributed by atoms with Crippen LogP contribution in [0.2, 0.25) is 0 Å². The first kappa shape index (κ1) is 7.69. The van der Waals surface area contributed by atoms with Gasteiger partial charge in [-0.2, -0.15) is 11.8 Å². The summed E-state index contributed by atoms with van der Waals surface area (Å²) in [6.07, 6.45) is 0. The SMILES string of the molecule is Cc1c(Br)ccc2c1CSC2. The van der Waals surface area contributed by atoms with Crippen LogP contribution in [-0.4, -0.2) is 0 Å². The molecule has 2 rings (SSSR count). The predicted molar refractivity (Wildman–Crippen MR) is 53.9 cm³/mol. The van der Waals surface area contributed by atoms with Gasteiger partial charge in [-0.3, -0.25) is 0 Å². The molecule has 0 amide bonds. The van der Waals surface area contributed by atoms with E-state index in [1.54, 1.807) is 5.56 Å². The third-order valence-corrected chi connectivity index (χ3v) is 4.00. The quantitative estimate of drug-likeness (QED) is 0.656. The van der Waals surface area contributed by atoms with E-state index in [-0.39, 0.29) is 0 Å². The summed E-state index contributed by atoms with van der Waals surface area (Å²) in [4.78, 5) is 0. The van der Waals surface area contributed by atoms with Gasteiger partial charge in [-0.25, -0.2) is 0 Å². The summed E-state index contributed by atoms with van der Waals surface area (Å²) in [7, 11) is 0. The molecule has 0 radical (unpaired) electrons. The number of hydrogen-bond donors (Lipinski definition) is 0. The summed E-state index contributed by atoms with van der Waals surface area (Å²) in [5, 5.41) is 0. The van der Waals surface area contributed by atoms with E-state index < -0.39 is 0 Å². The average Bonchev–Trinajstić information content (AvgIpc) is 2.45. The largest absolute Gasteiger partial charge is 0.152 e. The lowest BCUT2D eigenvalue weighted by Gasteiger charge is -2.04. The molecule has 1 aromatic rings. The Balaban J connectivity index is 2.62. The summed E-state index contributed by atoms with van der Waals surface area (Å²) < 4.78 is 1.25.